The first-order valence-electron chi connectivity index (χ1n) is 6.97. The van der Waals surface area contributed by atoms with Crippen LogP contribution in [0.4, 0.5) is 0 Å². The van der Waals surface area contributed by atoms with Gasteiger partial charge in [0, 0.05) is 30.3 Å². The second-order valence-electron chi connectivity index (χ2n) is 5.54. The minimum atomic E-state index is 0.0543. The number of nitrogens with two attached hydrogens (primary N) is 1. The maximum absolute atomic E-state index is 9.36. The Morgan fingerprint density at radius 1 is 1.42 bits per heavy atom. The number of piperidine rings is 1. The molecule has 0 amide bonds. The number of halogens is 1. The highest BCUT2D eigenvalue weighted by atomic mass is 35.5. The van der Waals surface area contributed by atoms with Crippen LogP contribution in [-0.2, 0) is 0 Å². The van der Waals surface area contributed by atoms with Crippen molar-refractivity contribution in [2.45, 2.75) is 31.8 Å². The van der Waals surface area contributed by atoms with Crippen LogP contribution in [0, 0.1) is 5.92 Å². The monoisotopic (exact) mass is 282 g/mol. The molecule has 4 heteroatoms. The summed E-state index contributed by atoms with van der Waals surface area (Å²) < 4.78 is 0. The van der Waals surface area contributed by atoms with E-state index in [4.69, 9.17) is 17.3 Å². The van der Waals surface area contributed by atoms with Crippen LogP contribution in [0.15, 0.2) is 24.3 Å². The second kappa shape index (κ2) is 6.71. The Hall–Kier alpha value is -0.610. The second-order valence-corrected chi connectivity index (χ2v) is 5.98. The molecule has 0 spiro atoms. The molecule has 0 aromatic heterocycles. The molecule has 1 saturated heterocycles. The van der Waals surface area contributed by atoms with E-state index in [0.717, 1.165) is 31.0 Å². The fourth-order valence-corrected chi connectivity index (χ4v) is 3.13. The Morgan fingerprint density at radius 2 is 2.11 bits per heavy atom. The van der Waals surface area contributed by atoms with Gasteiger partial charge in [0.15, 0.2) is 0 Å². The van der Waals surface area contributed by atoms with Crippen LogP contribution in [-0.4, -0.2) is 35.7 Å². The fraction of sp³-hybridized carbons (Fsp3) is 0.600. The summed E-state index contributed by atoms with van der Waals surface area (Å²) in [6.07, 6.45) is 2.24. The van der Waals surface area contributed by atoms with Crippen molar-refractivity contribution < 1.29 is 5.11 Å². The highest BCUT2D eigenvalue weighted by Gasteiger charge is 2.28. The fourth-order valence-electron chi connectivity index (χ4n) is 3.01. The number of likely N-dealkylation sites (tertiary alicyclic amines) is 1. The van der Waals surface area contributed by atoms with Crippen LogP contribution in [0.2, 0.25) is 5.02 Å². The van der Waals surface area contributed by atoms with Crippen LogP contribution in [0.3, 0.4) is 0 Å². The van der Waals surface area contributed by atoms with Gasteiger partial charge >= 0.3 is 0 Å². The van der Waals surface area contributed by atoms with E-state index in [-0.39, 0.29) is 18.7 Å². The molecule has 19 heavy (non-hydrogen) atoms. The average Bonchev–Trinajstić information content (AvgIpc) is 2.41. The largest absolute Gasteiger partial charge is 0.396 e. The highest BCUT2D eigenvalue weighted by Crippen LogP contribution is 2.29. The van der Waals surface area contributed by atoms with Crippen molar-refractivity contribution in [2.75, 3.05) is 19.7 Å². The van der Waals surface area contributed by atoms with Gasteiger partial charge in [-0.15, -0.1) is 0 Å². The van der Waals surface area contributed by atoms with Crippen LogP contribution in [0.1, 0.15) is 31.4 Å². The zero-order valence-corrected chi connectivity index (χ0v) is 12.2. The van der Waals surface area contributed by atoms with Crippen molar-refractivity contribution in [3.63, 3.8) is 0 Å². The van der Waals surface area contributed by atoms with Crippen molar-refractivity contribution in [2.24, 2.45) is 11.7 Å². The first-order chi connectivity index (χ1) is 9.11. The molecule has 1 aliphatic rings. The van der Waals surface area contributed by atoms with Gasteiger partial charge in [0.1, 0.15) is 0 Å². The van der Waals surface area contributed by atoms with Gasteiger partial charge in [0.05, 0.1) is 0 Å². The van der Waals surface area contributed by atoms with E-state index in [1.54, 1.807) is 0 Å². The smallest absolute Gasteiger partial charge is 0.0496 e. The number of benzene rings is 1. The van der Waals surface area contributed by atoms with E-state index in [1.807, 2.05) is 19.1 Å². The Morgan fingerprint density at radius 3 is 2.68 bits per heavy atom. The predicted molar refractivity (Wildman–Crippen MR) is 79.2 cm³/mol. The molecule has 3 nitrogen and oxygen atoms in total. The molecule has 3 unspecified atom stereocenters. The first-order valence-corrected chi connectivity index (χ1v) is 7.35. The maximum atomic E-state index is 9.36. The Labute approximate surface area is 120 Å². The van der Waals surface area contributed by atoms with E-state index >= 15 is 0 Å². The zero-order chi connectivity index (χ0) is 13.8. The summed E-state index contributed by atoms with van der Waals surface area (Å²) in [5.41, 5.74) is 7.39. The Bertz CT molecular complexity index is 394. The molecular formula is C15H23ClN2O. The van der Waals surface area contributed by atoms with Crippen LogP contribution >= 0.6 is 11.6 Å². The van der Waals surface area contributed by atoms with E-state index in [2.05, 4.69) is 17.0 Å². The first kappa shape index (κ1) is 14.8. The molecule has 3 N–H and O–H groups in total. The molecule has 2 rings (SSSR count). The van der Waals surface area contributed by atoms with Crippen molar-refractivity contribution in [3.8, 4) is 0 Å². The summed E-state index contributed by atoms with van der Waals surface area (Å²) in [5, 5.41) is 10.1. The quantitative estimate of drug-likeness (QED) is 0.892. The number of aliphatic hydroxyl groups is 1. The molecule has 1 aliphatic heterocycles. The number of rotatable bonds is 4. The summed E-state index contributed by atoms with van der Waals surface area (Å²) in [6, 6.07) is 8.20. The van der Waals surface area contributed by atoms with Crippen molar-refractivity contribution in [1.29, 1.82) is 0 Å². The van der Waals surface area contributed by atoms with Gasteiger partial charge in [-0.2, -0.15) is 0 Å². The lowest BCUT2D eigenvalue weighted by molar-refractivity contribution is 0.0793. The average molecular weight is 283 g/mol. The zero-order valence-electron chi connectivity index (χ0n) is 11.4. The van der Waals surface area contributed by atoms with Crippen LogP contribution in [0.5, 0.6) is 0 Å². The summed E-state index contributed by atoms with van der Waals surface area (Å²) in [4.78, 5) is 2.40. The highest BCUT2D eigenvalue weighted by molar-refractivity contribution is 6.30. The van der Waals surface area contributed by atoms with Gasteiger partial charge in [-0.25, -0.2) is 0 Å². The standard InChI is InChI=1S/C15H23ClN2O/c1-11(17)15(13-4-6-14(16)7-5-13)18-8-2-3-12(9-18)10-19/h4-7,11-12,15,19H,2-3,8-10,17H2,1H3. The van der Waals surface area contributed by atoms with Crippen molar-refractivity contribution in [1.82, 2.24) is 4.90 Å². The molecule has 1 aromatic carbocycles. The third-order valence-electron chi connectivity index (χ3n) is 3.91. The minimum absolute atomic E-state index is 0.0543. The normalized spacial score (nSPS) is 24.1. The van der Waals surface area contributed by atoms with Gasteiger partial charge in [-0.1, -0.05) is 23.7 Å². The third-order valence-corrected chi connectivity index (χ3v) is 4.16. The van der Waals surface area contributed by atoms with E-state index < -0.39 is 0 Å². The predicted octanol–water partition coefficient (Wildman–Crippen LogP) is 2.43. The minimum Gasteiger partial charge on any atom is -0.396 e. The van der Waals surface area contributed by atoms with Gasteiger partial charge in [-0.05, 0) is 49.9 Å². The Kier molecular flexibility index (Phi) is 5.22. The molecule has 106 valence electrons. The molecule has 0 saturated carbocycles. The molecule has 1 fully saturated rings. The Balaban J connectivity index is 2.17. The van der Waals surface area contributed by atoms with Gasteiger partial charge in [0.25, 0.3) is 0 Å². The summed E-state index contributed by atoms with van der Waals surface area (Å²) >= 11 is 5.95. The van der Waals surface area contributed by atoms with Gasteiger partial charge in [-0.3, -0.25) is 4.90 Å². The molecule has 0 bridgehead atoms. The third kappa shape index (κ3) is 3.69. The van der Waals surface area contributed by atoms with Crippen LogP contribution < -0.4 is 5.73 Å². The maximum Gasteiger partial charge on any atom is 0.0496 e. The van der Waals surface area contributed by atoms with E-state index in [9.17, 15) is 5.11 Å². The van der Waals surface area contributed by atoms with Crippen molar-refractivity contribution in [3.05, 3.63) is 34.9 Å². The van der Waals surface area contributed by atoms with E-state index in [0.29, 0.717) is 5.92 Å². The summed E-state index contributed by atoms with van der Waals surface area (Å²) in [7, 11) is 0. The van der Waals surface area contributed by atoms with Crippen LogP contribution in [0.25, 0.3) is 0 Å². The number of hydrogen-bond acceptors (Lipinski definition) is 3. The summed E-state index contributed by atoms with van der Waals surface area (Å²) in [5.74, 6) is 0.377. The molecule has 0 radical (unpaired) electrons. The molecule has 1 aromatic rings. The number of nitrogens with zero attached hydrogens (tertiary/aromatic N) is 1. The van der Waals surface area contributed by atoms with Gasteiger partial charge in [0.2, 0.25) is 0 Å². The molecule has 0 aliphatic carbocycles. The van der Waals surface area contributed by atoms with Crippen molar-refractivity contribution >= 4 is 11.6 Å². The lowest BCUT2D eigenvalue weighted by Gasteiger charge is -2.40. The lowest BCUT2D eigenvalue weighted by Crippen LogP contribution is -2.45. The van der Waals surface area contributed by atoms with Gasteiger partial charge < -0.3 is 10.8 Å². The topological polar surface area (TPSA) is 49.5 Å². The van der Waals surface area contributed by atoms with E-state index in [1.165, 1.54) is 5.56 Å². The number of hydrogen-bond donors (Lipinski definition) is 2. The SMILES string of the molecule is CC(N)C(c1ccc(Cl)cc1)N1CCCC(CO)C1. The lowest BCUT2D eigenvalue weighted by atomic mass is 9.93. The number of aliphatic hydroxyl groups excluding tert-OH is 1. The molecule has 3 atom stereocenters. The molecule has 1 heterocycles. The summed E-state index contributed by atoms with van der Waals surface area (Å²) in [6.45, 7) is 4.28. The molecular weight excluding hydrogens is 260 g/mol.